The van der Waals surface area contributed by atoms with Crippen molar-refractivity contribution >= 4 is 56.8 Å². The number of hydrogen-bond acceptors (Lipinski definition) is 6. The smallest absolute Gasteiger partial charge is 0.374 e. The van der Waals surface area contributed by atoms with E-state index in [1.807, 2.05) is 35.4 Å². The quantitative estimate of drug-likeness (QED) is 0.188. The van der Waals surface area contributed by atoms with Gasteiger partial charge in [0.1, 0.15) is 12.1 Å². The number of hydrogen-bond donors (Lipinski definition) is 3. The lowest BCUT2D eigenvalue weighted by Gasteiger charge is -2.23. The van der Waals surface area contributed by atoms with E-state index in [1.165, 1.54) is 12.2 Å². The Morgan fingerprint density at radius 3 is 2.38 bits per heavy atom. The summed E-state index contributed by atoms with van der Waals surface area (Å²) in [5.74, 6) is -2.21. The molecule has 1 aliphatic heterocycles. The van der Waals surface area contributed by atoms with Crippen LogP contribution in [-0.4, -0.2) is 51.8 Å². The molecule has 2 rings (SSSR count). The van der Waals surface area contributed by atoms with Gasteiger partial charge in [-0.1, -0.05) is 65.6 Å². The first-order valence-electron chi connectivity index (χ1n) is 11.5. The van der Waals surface area contributed by atoms with E-state index < -0.39 is 29.7 Å². The van der Waals surface area contributed by atoms with E-state index in [9.17, 15) is 24.3 Å². The molecular weight excluding hydrogens is 496 g/mol. The van der Waals surface area contributed by atoms with Gasteiger partial charge < -0.3 is 15.7 Å². The highest BCUT2D eigenvalue weighted by molar-refractivity contribution is 8.77. The number of unbranched alkanes of at least 4 members (excludes halogenated alkanes) is 1. The maximum absolute atomic E-state index is 13.0. The zero-order chi connectivity index (χ0) is 25.1. The molecule has 1 unspecified atom stereocenters. The van der Waals surface area contributed by atoms with Gasteiger partial charge in [0.2, 0.25) is 11.8 Å². The molecule has 2 amide bonds. The van der Waals surface area contributed by atoms with Crippen molar-refractivity contribution in [3.05, 3.63) is 34.9 Å². The molecule has 1 fully saturated rings. The fraction of sp³-hybridized carbons (Fsp3) is 0.583. The van der Waals surface area contributed by atoms with Crippen LogP contribution >= 0.6 is 33.2 Å². The first-order valence-corrected chi connectivity index (χ1v) is 14.3. The second-order valence-electron chi connectivity index (χ2n) is 8.89. The number of halogens is 1. The van der Waals surface area contributed by atoms with Crippen LogP contribution in [0.2, 0.25) is 5.02 Å². The molecule has 0 aromatic heterocycles. The number of carbonyl (C=O) groups is 4. The zero-order valence-corrected chi connectivity index (χ0v) is 21.9. The lowest BCUT2D eigenvalue weighted by Crippen LogP contribution is -2.53. The summed E-state index contributed by atoms with van der Waals surface area (Å²) in [6, 6.07) is 4.52. The summed E-state index contributed by atoms with van der Waals surface area (Å²) in [5, 5.41) is 15.7. The number of carbonyl (C=O) groups excluding carboxylic acids is 3. The Hall–Kier alpha value is -1.71. The fourth-order valence-corrected chi connectivity index (χ4v) is 6.83. The lowest BCUT2D eigenvalue weighted by molar-refractivity contribution is -0.150. The molecule has 1 aromatic rings. The van der Waals surface area contributed by atoms with Crippen LogP contribution in [0.3, 0.4) is 0 Å². The second-order valence-corrected chi connectivity index (χ2v) is 12.1. The van der Waals surface area contributed by atoms with Crippen molar-refractivity contribution < 1.29 is 24.3 Å². The summed E-state index contributed by atoms with van der Waals surface area (Å²) in [4.78, 5) is 49.1. The van der Waals surface area contributed by atoms with Gasteiger partial charge in [0.05, 0.1) is 0 Å². The maximum Gasteiger partial charge on any atom is 0.374 e. The zero-order valence-electron chi connectivity index (χ0n) is 19.6. The predicted molar refractivity (Wildman–Crippen MR) is 138 cm³/mol. The summed E-state index contributed by atoms with van der Waals surface area (Å²) in [6.07, 6.45) is 4.73. The van der Waals surface area contributed by atoms with Gasteiger partial charge in [0, 0.05) is 28.9 Å². The largest absolute Gasteiger partial charge is 0.475 e. The average molecular weight is 529 g/mol. The third-order valence-electron chi connectivity index (χ3n) is 5.46. The van der Waals surface area contributed by atoms with Crippen LogP contribution in [-0.2, 0) is 25.6 Å². The van der Waals surface area contributed by atoms with Crippen molar-refractivity contribution in [2.75, 3.05) is 5.75 Å². The van der Waals surface area contributed by atoms with Gasteiger partial charge in [-0.2, -0.15) is 0 Å². The third kappa shape index (κ3) is 10.3. The molecule has 3 N–H and O–H groups in total. The van der Waals surface area contributed by atoms with Gasteiger partial charge in [0.15, 0.2) is 0 Å². The van der Waals surface area contributed by atoms with E-state index in [2.05, 4.69) is 10.6 Å². The summed E-state index contributed by atoms with van der Waals surface area (Å²) >= 11 is 5.89. The minimum absolute atomic E-state index is 0.00779. The summed E-state index contributed by atoms with van der Waals surface area (Å²) < 4.78 is 0. The van der Waals surface area contributed by atoms with Crippen molar-refractivity contribution in [2.45, 2.75) is 76.1 Å². The normalized spacial score (nSPS) is 17.2. The fourth-order valence-electron chi connectivity index (χ4n) is 3.68. The minimum atomic E-state index is -1.62. The van der Waals surface area contributed by atoms with Crippen LogP contribution in [0.5, 0.6) is 0 Å². The van der Waals surface area contributed by atoms with Crippen molar-refractivity contribution in [1.29, 1.82) is 0 Å². The first-order chi connectivity index (χ1) is 16.2. The van der Waals surface area contributed by atoms with Crippen LogP contribution in [0.15, 0.2) is 24.3 Å². The highest BCUT2D eigenvalue weighted by Gasteiger charge is 2.30. The van der Waals surface area contributed by atoms with Gasteiger partial charge in [-0.05, 0) is 49.3 Å². The van der Waals surface area contributed by atoms with Crippen LogP contribution < -0.4 is 10.6 Å². The molecular formula is C24H33ClN2O5S2. The number of nitrogens with one attached hydrogen (secondary N) is 2. The van der Waals surface area contributed by atoms with Crippen LogP contribution in [0.1, 0.15) is 57.9 Å². The van der Waals surface area contributed by atoms with E-state index >= 15 is 0 Å². The molecule has 0 radical (unpaired) electrons. The molecule has 10 heteroatoms. The predicted octanol–water partition coefficient (Wildman–Crippen LogP) is 4.27. The highest BCUT2D eigenvalue weighted by Crippen LogP contribution is 2.39. The number of rotatable bonds is 14. The number of benzene rings is 1. The Balaban J connectivity index is 1.96. The average Bonchev–Trinajstić information content (AvgIpc) is 3.30. The van der Waals surface area contributed by atoms with Gasteiger partial charge >= 0.3 is 5.97 Å². The van der Waals surface area contributed by atoms with Crippen LogP contribution in [0.4, 0.5) is 0 Å². The van der Waals surface area contributed by atoms with Gasteiger partial charge in [-0.25, -0.2) is 4.79 Å². The lowest BCUT2D eigenvalue weighted by atomic mass is 9.99. The van der Waals surface area contributed by atoms with Crippen LogP contribution in [0, 0.1) is 5.92 Å². The van der Waals surface area contributed by atoms with E-state index in [0.29, 0.717) is 28.7 Å². The van der Waals surface area contributed by atoms with Gasteiger partial charge in [0.25, 0.3) is 5.78 Å². The summed E-state index contributed by atoms with van der Waals surface area (Å²) in [6.45, 7) is 3.86. The Morgan fingerprint density at radius 2 is 1.79 bits per heavy atom. The number of amides is 2. The van der Waals surface area contributed by atoms with E-state index in [-0.39, 0.29) is 18.2 Å². The molecule has 0 saturated carbocycles. The highest BCUT2D eigenvalue weighted by atomic mass is 35.5. The molecule has 0 aliphatic carbocycles. The Labute approximate surface area is 213 Å². The summed E-state index contributed by atoms with van der Waals surface area (Å²) in [7, 11) is 3.82. The minimum Gasteiger partial charge on any atom is -0.475 e. The Kier molecular flexibility index (Phi) is 12.3. The standard InChI is InChI=1S/C24H33ClN2O5S2/c1-15(2)13-20(26-21(28)6-4-3-5-18-11-12-33-34-18)23(30)27-19(22(29)24(31)32)14-16-7-9-17(25)10-8-16/h7-10,15,18-20H,3-6,11-14H2,1-2H3,(H,26,28)(H,27,30)(H,31,32)/t18?,19-,20-/m0/s1. The summed E-state index contributed by atoms with van der Waals surface area (Å²) in [5.41, 5.74) is 0.660. The SMILES string of the molecule is CC(C)C[C@H](NC(=O)CCCCC1CCSS1)C(=O)N[C@@H](Cc1ccc(Cl)cc1)C(=O)C(=O)O. The molecule has 1 saturated heterocycles. The van der Waals surface area contributed by atoms with Gasteiger partial charge in [-0.15, -0.1) is 0 Å². The molecule has 1 aliphatic rings. The van der Waals surface area contributed by atoms with Crippen molar-refractivity contribution in [3.63, 3.8) is 0 Å². The molecule has 188 valence electrons. The number of carboxylic acids is 1. The Bertz CT molecular complexity index is 844. The topological polar surface area (TPSA) is 113 Å². The van der Waals surface area contributed by atoms with Crippen molar-refractivity contribution in [1.82, 2.24) is 10.6 Å². The molecule has 1 heterocycles. The number of ketones is 1. The van der Waals surface area contributed by atoms with E-state index in [0.717, 1.165) is 19.3 Å². The van der Waals surface area contributed by atoms with E-state index in [4.69, 9.17) is 11.6 Å². The number of Topliss-reactive ketones (excluding diaryl/α,β-unsaturated/α-hetero) is 1. The monoisotopic (exact) mass is 528 g/mol. The maximum atomic E-state index is 13.0. The van der Waals surface area contributed by atoms with Crippen LogP contribution in [0.25, 0.3) is 0 Å². The second kappa shape index (κ2) is 14.6. The van der Waals surface area contributed by atoms with Crippen molar-refractivity contribution in [3.8, 4) is 0 Å². The number of aliphatic carboxylic acids is 1. The molecule has 3 atom stereocenters. The molecule has 0 spiro atoms. The molecule has 1 aromatic carbocycles. The third-order valence-corrected chi connectivity index (χ3v) is 8.72. The molecule has 34 heavy (non-hydrogen) atoms. The number of carboxylic acid groups (broad SMARTS) is 1. The first kappa shape index (κ1) is 28.5. The van der Waals surface area contributed by atoms with Crippen molar-refractivity contribution in [2.24, 2.45) is 5.92 Å². The Morgan fingerprint density at radius 1 is 1.09 bits per heavy atom. The van der Waals surface area contributed by atoms with E-state index in [1.54, 1.807) is 24.3 Å². The van der Waals surface area contributed by atoms with Gasteiger partial charge in [-0.3, -0.25) is 14.4 Å². The molecule has 0 bridgehead atoms. The molecule has 7 nitrogen and oxygen atoms in total.